The molecule has 0 saturated heterocycles. The molecule has 22 heavy (non-hydrogen) atoms. The Labute approximate surface area is 143 Å². The van der Waals surface area contributed by atoms with E-state index in [1.54, 1.807) is 11.1 Å². The largest absolute Gasteiger partial charge is 0.152 e. The highest BCUT2D eigenvalue weighted by atomic mass is 32.1. The molecule has 0 atom stereocenters. The van der Waals surface area contributed by atoms with Gasteiger partial charge in [-0.2, -0.15) is 11.3 Å². The van der Waals surface area contributed by atoms with E-state index < -0.39 is 0 Å². The van der Waals surface area contributed by atoms with Crippen LogP contribution >= 0.6 is 11.3 Å². The van der Waals surface area contributed by atoms with Gasteiger partial charge in [0.05, 0.1) is 0 Å². The maximum absolute atomic E-state index is 2.41. The summed E-state index contributed by atoms with van der Waals surface area (Å²) in [6.45, 7) is 4.59. The summed E-state index contributed by atoms with van der Waals surface area (Å²) < 4.78 is 0. The predicted molar refractivity (Wildman–Crippen MR) is 103 cm³/mol. The Bertz CT molecular complexity index is 339. The van der Waals surface area contributed by atoms with Gasteiger partial charge in [-0.05, 0) is 47.6 Å². The van der Waals surface area contributed by atoms with E-state index >= 15 is 0 Å². The first kappa shape index (κ1) is 19.7. The first-order chi connectivity index (χ1) is 10.9. The van der Waals surface area contributed by atoms with Crippen molar-refractivity contribution in [2.45, 2.75) is 110 Å². The van der Waals surface area contributed by atoms with E-state index in [9.17, 15) is 0 Å². The number of rotatable bonds is 15. The Kier molecular flexibility index (Phi) is 12.8. The zero-order chi connectivity index (χ0) is 15.9. The van der Waals surface area contributed by atoms with Crippen molar-refractivity contribution in [3.05, 3.63) is 21.9 Å². The Morgan fingerprint density at radius 3 is 1.32 bits per heavy atom. The molecule has 0 radical (unpaired) electrons. The summed E-state index contributed by atoms with van der Waals surface area (Å²) >= 11 is 1.91. The molecule has 128 valence electrons. The van der Waals surface area contributed by atoms with Gasteiger partial charge in [-0.25, -0.2) is 0 Å². The monoisotopic (exact) mass is 322 g/mol. The average Bonchev–Trinajstić information content (AvgIpc) is 2.97. The molecule has 0 amide bonds. The summed E-state index contributed by atoms with van der Waals surface area (Å²) in [6.07, 6.45) is 21.0. The van der Waals surface area contributed by atoms with E-state index in [4.69, 9.17) is 0 Å². The molecule has 1 aromatic heterocycles. The molecule has 1 rings (SSSR count). The molecule has 0 N–H and O–H groups in total. The van der Waals surface area contributed by atoms with Gasteiger partial charge >= 0.3 is 0 Å². The molecule has 0 spiro atoms. The normalized spacial score (nSPS) is 11.2. The highest BCUT2D eigenvalue weighted by Crippen LogP contribution is 2.21. The van der Waals surface area contributed by atoms with E-state index in [1.807, 2.05) is 11.3 Å². The zero-order valence-electron chi connectivity index (χ0n) is 15.2. The fourth-order valence-electron chi connectivity index (χ4n) is 3.16. The molecule has 0 aliphatic heterocycles. The van der Waals surface area contributed by atoms with Gasteiger partial charge in [-0.1, -0.05) is 84.5 Å². The lowest BCUT2D eigenvalue weighted by molar-refractivity contribution is 0.574. The molecule has 0 unspecified atom stereocenters. The van der Waals surface area contributed by atoms with Gasteiger partial charge in [0.2, 0.25) is 0 Å². The zero-order valence-corrected chi connectivity index (χ0v) is 16.0. The van der Waals surface area contributed by atoms with Gasteiger partial charge in [0.15, 0.2) is 0 Å². The second-order valence-corrected chi connectivity index (χ2v) is 7.55. The molecule has 0 saturated carbocycles. The molecule has 0 aromatic carbocycles. The molecule has 1 aromatic rings. The maximum Gasteiger partial charge on any atom is -0.00584 e. The van der Waals surface area contributed by atoms with Crippen LogP contribution in [0.1, 0.15) is 108 Å². The highest BCUT2D eigenvalue weighted by Gasteiger charge is 2.04. The summed E-state index contributed by atoms with van der Waals surface area (Å²) in [7, 11) is 0. The fourth-order valence-corrected chi connectivity index (χ4v) is 4.09. The lowest BCUT2D eigenvalue weighted by Gasteiger charge is -2.05. The standard InChI is InChI=1S/C21H38S/c1-3-5-7-9-10-11-13-15-17-21-19-22-18-20(21)16-14-12-8-6-4-2/h18-19H,3-17H2,1-2H3. The van der Waals surface area contributed by atoms with Crippen LogP contribution in [-0.2, 0) is 12.8 Å². The van der Waals surface area contributed by atoms with Crippen molar-refractivity contribution in [3.8, 4) is 0 Å². The first-order valence-corrected chi connectivity index (χ1v) is 10.9. The van der Waals surface area contributed by atoms with Crippen molar-refractivity contribution in [2.75, 3.05) is 0 Å². The number of hydrogen-bond donors (Lipinski definition) is 0. The molecular formula is C21H38S. The summed E-state index contributed by atoms with van der Waals surface area (Å²) in [5.74, 6) is 0. The molecule has 0 fully saturated rings. The summed E-state index contributed by atoms with van der Waals surface area (Å²) in [5, 5.41) is 4.81. The van der Waals surface area contributed by atoms with E-state index in [0.29, 0.717) is 0 Å². The van der Waals surface area contributed by atoms with Gasteiger partial charge in [-0.3, -0.25) is 0 Å². The van der Waals surface area contributed by atoms with Gasteiger partial charge in [0, 0.05) is 0 Å². The fraction of sp³-hybridized carbons (Fsp3) is 0.810. The van der Waals surface area contributed by atoms with Crippen LogP contribution < -0.4 is 0 Å². The minimum Gasteiger partial charge on any atom is -0.152 e. The summed E-state index contributed by atoms with van der Waals surface area (Å²) in [6, 6.07) is 0. The Balaban J connectivity index is 2.04. The van der Waals surface area contributed by atoms with Gasteiger partial charge in [0.1, 0.15) is 0 Å². The topological polar surface area (TPSA) is 0 Å². The van der Waals surface area contributed by atoms with Crippen LogP contribution in [0.15, 0.2) is 10.8 Å². The van der Waals surface area contributed by atoms with E-state index in [1.165, 1.54) is 96.3 Å². The third-order valence-electron chi connectivity index (χ3n) is 4.68. The number of aryl methyl sites for hydroxylation is 2. The SMILES string of the molecule is CCCCCCCCCCc1cscc1CCCCCCC. The van der Waals surface area contributed by atoms with Crippen molar-refractivity contribution < 1.29 is 0 Å². The van der Waals surface area contributed by atoms with Crippen molar-refractivity contribution in [3.63, 3.8) is 0 Å². The third kappa shape index (κ3) is 9.66. The number of unbranched alkanes of at least 4 members (excludes halogenated alkanes) is 11. The minimum atomic E-state index is 1.32. The molecular weight excluding hydrogens is 284 g/mol. The van der Waals surface area contributed by atoms with Crippen LogP contribution in [-0.4, -0.2) is 0 Å². The van der Waals surface area contributed by atoms with Crippen molar-refractivity contribution in [2.24, 2.45) is 0 Å². The average molecular weight is 323 g/mol. The van der Waals surface area contributed by atoms with Gasteiger partial charge < -0.3 is 0 Å². The van der Waals surface area contributed by atoms with Crippen LogP contribution in [0.4, 0.5) is 0 Å². The molecule has 1 heterocycles. The number of thiophene rings is 1. The lowest BCUT2D eigenvalue weighted by Crippen LogP contribution is -1.92. The first-order valence-electron chi connectivity index (χ1n) is 9.92. The smallest absolute Gasteiger partial charge is 0.00584 e. The van der Waals surface area contributed by atoms with Crippen LogP contribution in [0.2, 0.25) is 0 Å². The highest BCUT2D eigenvalue weighted by molar-refractivity contribution is 7.08. The van der Waals surface area contributed by atoms with Crippen LogP contribution in [0.5, 0.6) is 0 Å². The van der Waals surface area contributed by atoms with Crippen molar-refractivity contribution >= 4 is 11.3 Å². The molecule has 0 nitrogen and oxygen atoms in total. The Morgan fingerprint density at radius 2 is 0.909 bits per heavy atom. The second-order valence-electron chi connectivity index (χ2n) is 6.81. The van der Waals surface area contributed by atoms with Crippen molar-refractivity contribution in [1.82, 2.24) is 0 Å². The van der Waals surface area contributed by atoms with Crippen LogP contribution in [0.3, 0.4) is 0 Å². The molecule has 0 bridgehead atoms. The van der Waals surface area contributed by atoms with E-state index in [2.05, 4.69) is 24.6 Å². The van der Waals surface area contributed by atoms with Crippen LogP contribution in [0, 0.1) is 0 Å². The molecule has 0 aliphatic carbocycles. The van der Waals surface area contributed by atoms with E-state index in [-0.39, 0.29) is 0 Å². The van der Waals surface area contributed by atoms with Gasteiger partial charge in [0.25, 0.3) is 0 Å². The van der Waals surface area contributed by atoms with E-state index in [0.717, 1.165) is 0 Å². The molecule has 0 aliphatic rings. The maximum atomic E-state index is 2.41. The predicted octanol–water partition coefficient (Wildman–Crippen LogP) is 7.94. The quantitative estimate of drug-likeness (QED) is 0.287. The number of hydrogen-bond acceptors (Lipinski definition) is 1. The third-order valence-corrected chi connectivity index (χ3v) is 5.52. The van der Waals surface area contributed by atoms with Crippen molar-refractivity contribution in [1.29, 1.82) is 0 Å². The summed E-state index contributed by atoms with van der Waals surface area (Å²) in [5.41, 5.74) is 3.32. The molecule has 1 heteroatoms. The lowest BCUT2D eigenvalue weighted by atomic mass is 10.0. The summed E-state index contributed by atoms with van der Waals surface area (Å²) in [4.78, 5) is 0. The minimum absolute atomic E-state index is 1.32. The Hall–Kier alpha value is -0.300. The van der Waals surface area contributed by atoms with Crippen LogP contribution in [0.25, 0.3) is 0 Å². The second kappa shape index (κ2) is 14.3. The van der Waals surface area contributed by atoms with Gasteiger partial charge in [-0.15, -0.1) is 0 Å². The Morgan fingerprint density at radius 1 is 0.545 bits per heavy atom.